The molecule has 0 aliphatic rings. The lowest BCUT2D eigenvalue weighted by molar-refractivity contribution is -0.384. The topological polar surface area (TPSA) is 26.3 Å². The quantitative estimate of drug-likeness (QED) is 0.219. The summed E-state index contributed by atoms with van der Waals surface area (Å²) in [7, 11) is 0. The third-order valence-electron chi connectivity index (χ3n) is 2.92. The van der Waals surface area contributed by atoms with E-state index < -0.39 is 55.8 Å². The van der Waals surface area contributed by atoms with Gasteiger partial charge in [0, 0.05) is 18.9 Å². The van der Waals surface area contributed by atoms with Crippen LogP contribution in [0.5, 0.6) is 0 Å². The fourth-order valence-electron chi connectivity index (χ4n) is 1.63. The van der Waals surface area contributed by atoms with E-state index in [0.717, 1.165) is 0 Å². The summed E-state index contributed by atoms with van der Waals surface area (Å²) < 4.78 is 118. The predicted octanol–water partition coefficient (Wildman–Crippen LogP) is 5.48. The van der Waals surface area contributed by atoms with Crippen molar-refractivity contribution in [1.82, 2.24) is 0 Å². The van der Waals surface area contributed by atoms with E-state index in [-0.39, 0.29) is 18.9 Å². The Morgan fingerprint density at radius 3 is 1.71 bits per heavy atom. The van der Waals surface area contributed by atoms with Crippen molar-refractivity contribution >= 4 is 5.97 Å². The number of alkyl halides is 9. The highest BCUT2D eigenvalue weighted by Gasteiger charge is 2.73. The van der Waals surface area contributed by atoms with Crippen LogP contribution >= 0.6 is 0 Å². The Bertz CT molecular complexity index is 430. The van der Waals surface area contributed by atoms with E-state index in [0.29, 0.717) is 0 Å². The van der Waals surface area contributed by atoms with Crippen molar-refractivity contribution in [3.8, 4) is 0 Å². The molecule has 0 atom stereocenters. The highest BCUT2D eigenvalue weighted by atomic mass is 19.4. The zero-order valence-corrected chi connectivity index (χ0v) is 12.2. The molecule has 0 aliphatic heterocycles. The maximum atomic E-state index is 13.3. The number of hydrogen-bond acceptors (Lipinski definition) is 2. The highest BCUT2D eigenvalue weighted by Crippen LogP contribution is 2.48. The van der Waals surface area contributed by atoms with Crippen LogP contribution in [-0.4, -0.2) is 30.1 Å². The van der Waals surface area contributed by atoms with Gasteiger partial charge in [0.25, 0.3) is 0 Å². The van der Waals surface area contributed by atoms with Gasteiger partial charge in [0.15, 0.2) is 0 Å². The molecule has 0 aromatic heterocycles. The minimum Gasteiger partial charge on any atom is -0.393 e. The molecule has 0 saturated carbocycles. The number of carbonyl (C=O) groups excluding carboxylic acids is 1. The fraction of sp³-hybridized carbons (Fsp3) is 0.769. The summed E-state index contributed by atoms with van der Waals surface area (Å²) in [4.78, 5) is 10.5. The van der Waals surface area contributed by atoms with Gasteiger partial charge >= 0.3 is 30.1 Å². The summed E-state index contributed by atoms with van der Waals surface area (Å²) in [6.45, 7) is 2.66. The zero-order valence-electron chi connectivity index (χ0n) is 12.2. The van der Waals surface area contributed by atoms with Crippen LogP contribution in [0.1, 0.15) is 38.5 Å². The van der Waals surface area contributed by atoms with Crippen LogP contribution in [0.2, 0.25) is 0 Å². The van der Waals surface area contributed by atoms with E-state index in [1.807, 2.05) is 0 Å². The molecule has 0 bridgehead atoms. The van der Waals surface area contributed by atoms with Crippen molar-refractivity contribution < 1.29 is 49.0 Å². The molecule has 0 saturated heterocycles. The first-order valence-corrected chi connectivity index (χ1v) is 6.72. The molecular weight excluding hydrogens is 359 g/mol. The van der Waals surface area contributed by atoms with Crippen molar-refractivity contribution in [3.63, 3.8) is 0 Å². The first-order valence-electron chi connectivity index (χ1n) is 6.72. The van der Waals surface area contributed by atoms with E-state index in [1.54, 1.807) is 0 Å². The number of carbonyl (C=O) groups is 1. The minimum absolute atomic E-state index is 0.1000. The molecule has 0 amide bonds. The lowest BCUT2D eigenvalue weighted by Crippen LogP contribution is -2.55. The van der Waals surface area contributed by atoms with E-state index in [2.05, 4.69) is 11.3 Å². The fourth-order valence-corrected chi connectivity index (χ4v) is 1.63. The second-order valence-corrected chi connectivity index (χ2v) is 4.95. The maximum Gasteiger partial charge on any atom is 0.473 e. The molecule has 11 heteroatoms. The molecular formula is C13H15F9O2. The van der Waals surface area contributed by atoms with Crippen LogP contribution in [-0.2, 0) is 9.53 Å². The number of unbranched alkanes of at least 4 members (excludes halogenated alkanes) is 3. The van der Waals surface area contributed by atoms with Gasteiger partial charge in [0.2, 0.25) is 0 Å². The maximum absolute atomic E-state index is 13.3. The number of hydrogen-bond donors (Lipinski definition) is 0. The van der Waals surface area contributed by atoms with E-state index in [4.69, 9.17) is 0 Å². The van der Waals surface area contributed by atoms with Crippen molar-refractivity contribution in [2.45, 2.75) is 62.7 Å². The molecule has 2 nitrogen and oxygen atoms in total. The lowest BCUT2D eigenvalue weighted by atomic mass is 10.0. The van der Waals surface area contributed by atoms with E-state index in [1.165, 1.54) is 0 Å². The summed E-state index contributed by atoms with van der Waals surface area (Å²) in [5, 5.41) is 0. The molecule has 0 aromatic carbocycles. The Hall–Kier alpha value is -1.42. The van der Waals surface area contributed by atoms with Crippen LogP contribution in [0.15, 0.2) is 12.7 Å². The van der Waals surface area contributed by atoms with Gasteiger partial charge < -0.3 is 4.74 Å². The molecule has 0 unspecified atom stereocenters. The Morgan fingerprint density at radius 2 is 1.29 bits per heavy atom. The van der Waals surface area contributed by atoms with Gasteiger partial charge in [-0.15, -0.1) is 0 Å². The molecule has 0 spiro atoms. The standard InChI is InChI=1S/C13H15F9O2/c1-2-9(23)24-13(21,22)12(19,20)10(14,15)7-5-3-4-6-8-11(16,17)18/h2H,1,3-8H2. The van der Waals surface area contributed by atoms with Crippen molar-refractivity contribution in [2.75, 3.05) is 0 Å². The van der Waals surface area contributed by atoms with Crippen LogP contribution in [0.3, 0.4) is 0 Å². The Kier molecular flexibility index (Phi) is 7.63. The van der Waals surface area contributed by atoms with E-state index in [9.17, 15) is 44.3 Å². The van der Waals surface area contributed by atoms with Gasteiger partial charge in [-0.3, -0.25) is 0 Å². The zero-order chi connectivity index (χ0) is 19.2. The van der Waals surface area contributed by atoms with Gasteiger partial charge in [-0.25, -0.2) is 4.79 Å². The van der Waals surface area contributed by atoms with Gasteiger partial charge in [0.05, 0.1) is 0 Å². The summed E-state index contributed by atoms with van der Waals surface area (Å²) in [5.74, 6) is -13.2. The SMILES string of the molecule is C=CC(=O)OC(F)(F)C(F)(F)C(F)(F)CCCCCCC(F)(F)F. The third kappa shape index (κ3) is 6.60. The number of halogens is 9. The number of rotatable bonds is 10. The molecule has 0 N–H and O–H groups in total. The monoisotopic (exact) mass is 374 g/mol. The summed E-state index contributed by atoms with van der Waals surface area (Å²) in [6.07, 6.45) is -14.5. The second-order valence-electron chi connectivity index (χ2n) is 4.95. The first kappa shape index (κ1) is 22.6. The van der Waals surface area contributed by atoms with Crippen LogP contribution in [0.25, 0.3) is 0 Å². The largest absolute Gasteiger partial charge is 0.473 e. The van der Waals surface area contributed by atoms with Crippen LogP contribution < -0.4 is 0 Å². The lowest BCUT2D eigenvalue weighted by Gasteiger charge is -2.31. The summed E-state index contributed by atoms with van der Waals surface area (Å²) in [6, 6.07) is 0. The van der Waals surface area contributed by atoms with Gasteiger partial charge in [-0.2, -0.15) is 39.5 Å². The van der Waals surface area contributed by atoms with Crippen molar-refractivity contribution in [3.05, 3.63) is 12.7 Å². The minimum atomic E-state index is -5.98. The third-order valence-corrected chi connectivity index (χ3v) is 2.92. The second kappa shape index (κ2) is 8.11. The predicted molar refractivity (Wildman–Crippen MR) is 64.9 cm³/mol. The number of esters is 1. The van der Waals surface area contributed by atoms with Crippen molar-refractivity contribution in [2.24, 2.45) is 0 Å². The average Bonchev–Trinajstić information content (AvgIpc) is 2.40. The van der Waals surface area contributed by atoms with Crippen LogP contribution in [0.4, 0.5) is 39.5 Å². The normalized spacial score (nSPS) is 13.7. The van der Waals surface area contributed by atoms with Gasteiger partial charge in [-0.1, -0.05) is 19.4 Å². The average molecular weight is 374 g/mol. The van der Waals surface area contributed by atoms with E-state index >= 15 is 0 Å². The van der Waals surface area contributed by atoms with Crippen LogP contribution in [0, 0.1) is 0 Å². The molecule has 0 rings (SSSR count). The molecule has 0 heterocycles. The molecule has 24 heavy (non-hydrogen) atoms. The highest BCUT2D eigenvalue weighted by molar-refractivity contribution is 5.81. The summed E-state index contributed by atoms with van der Waals surface area (Å²) in [5.41, 5.74) is 0. The smallest absolute Gasteiger partial charge is 0.393 e. The first-order chi connectivity index (χ1) is 10.7. The summed E-state index contributed by atoms with van der Waals surface area (Å²) >= 11 is 0. The molecule has 0 aromatic rings. The molecule has 0 radical (unpaired) electrons. The van der Waals surface area contributed by atoms with Crippen molar-refractivity contribution in [1.29, 1.82) is 0 Å². The Labute approximate surface area is 131 Å². The molecule has 0 fully saturated rings. The van der Waals surface area contributed by atoms with Gasteiger partial charge in [-0.05, 0) is 12.8 Å². The molecule has 0 aliphatic carbocycles. The molecule has 142 valence electrons. The number of ether oxygens (including phenoxy) is 1. The Balaban J connectivity index is 4.57. The van der Waals surface area contributed by atoms with Gasteiger partial charge in [0.1, 0.15) is 0 Å². The Morgan fingerprint density at radius 1 is 0.833 bits per heavy atom.